The summed E-state index contributed by atoms with van der Waals surface area (Å²) < 4.78 is 1.09. The summed E-state index contributed by atoms with van der Waals surface area (Å²) in [4.78, 5) is 14.7. The zero-order valence-electron chi connectivity index (χ0n) is 11.1. The van der Waals surface area contributed by atoms with Crippen LogP contribution in [0.5, 0.6) is 0 Å². The van der Waals surface area contributed by atoms with E-state index < -0.39 is 0 Å². The molecule has 106 valence electrons. The second-order valence-electron chi connectivity index (χ2n) is 4.45. The number of carbonyl (C=O) groups is 1. The van der Waals surface area contributed by atoms with E-state index in [9.17, 15) is 4.79 Å². The van der Waals surface area contributed by atoms with Crippen molar-refractivity contribution in [3.63, 3.8) is 0 Å². The van der Waals surface area contributed by atoms with Gasteiger partial charge in [-0.1, -0.05) is 11.6 Å². The van der Waals surface area contributed by atoms with Gasteiger partial charge in [0.15, 0.2) is 0 Å². The first-order chi connectivity index (χ1) is 9.47. The molecule has 0 aliphatic heterocycles. The highest BCUT2D eigenvalue weighted by atomic mass is 79.9. The van der Waals surface area contributed by atoms with E-state index in [1.165, 1.54) is 4.88 Å². The third-order valence-corrected chi connectivity index (χ3v) is 4.65. The average Bonchev–Trinajstić information content (AvgIpc) is 2.82. The summed E-state index contributed by atoms with van der Waals surface area (Å²) >= 11 is 11.3. The van der Waals surface area contributed by atoms with Crippen LogP contribution in [0.1, 0.15) is 15.2 Å². The molecule has 1 amide bonds. The fourth-order valence-corrected chi connectivity index (χ4v) is 3.29. The standard InChI is InChI=1S/C14H14BrClN2OS/c1-18(2)14(19)9-3-5-11(16)12(7-9)17-8-10-4-6-13(15)20-10/h3-7,17H,8H2,1-2H3. The van der Waals surface area contributed by atoms with Gasteiger partial charge in [-0.05, 0) is 46.3 Å². The van der Waals surface area contributed by atoms with Crippen molar-refractivity contribution >= 4 is 50.5 Å². The maximum absolute atomic E-state index is 11.9. The normalized spacial score (nSPS) is 10.4. The molecule has 0 fully saturated rings. The predicted molar refractivity (Wildman–Crippen MR) is 88.8 cm³/mol. The summed E-state index contributed by atoms with van der Waals surface area (Å²) in [6.07, 6.45) is 0. The zero-order valence-corrected chi connectivity index (χ0v) is 14.3. The zero-order chi connectivity index (χ0) is 14.7. The van der Waals surface area contributed by atoms with Crippen molar-refractivity contribution in [3.05, 3.63) is 49.6 Å². The molecule has 1 aromatic carbocycles. The van der Waals surface area contributed by atoms with Gasteiger partial charge in [0.05, 0.1) is 14.5 Å². The Balaban J connectivity index is 2.14. The molecule has 0 aliphatic rings. The number of amides is 1. The quantitative estimate of drug-likeness (QED) is 0.857. The van der Waals surface area contributed by atoms with Gasteiger partial charge >= 0.3 is 0 Å². The van der Waals surface area contributed by atoms with Crippen molar-refractivity contribution < 1.29 is 4.79 Å². The fourth-order valence-electron chi connectivity index (χ4n) is 1.68. The molecule has 0 saturated carbocycles. The van der Waals surface area contributed by atoms with Crippen LogP contribution in [0.3, 0.4) is 0 Å². The van der Waals surface area contributed by atoms with E-state index >= 15 is 0 Å². The number of anilines is 1. The second-order valence-corrected chi connectivity index (χ2v) is 7.41. The Morgan fingerprint density at radius 3 is 2.70 bits per heavy atom. The minimum Gasteiger partial charge on any atom is -0.379 e. The maximum atomic E-state index is 11.9. The van der Waals surface area contributed by atoms with Gasteiger partial charge in [0.1, 0.15) is 0 Å². The highest BCUT2D eigenvalue weighted by molar-refractivity contribution is 9.11. The Morgan fingerprint density at radius 1 is 1.35 bits per heavy atom. The van der Waals surface area contributed by atoms with Crippen molar-refractivity contribution in [1.29, 1.82) is 0 Å². The van der Waals surface area contributed by atoms with Crippen LogP contribution in [-0.2, 0) is 6.54 Å². The summed E-state index contributed by atoms with van der Waals surface area (Å²) in [6.45, 7) is 0.676. The Bertz CT molecular complexity index is 627. The van der Waals surface area contributed by atoms with Gasteiger partial charge in [-0.2, -0.15) is 0 Å². The molecule has 0 unspecified atom stereocenters. The molecule has 0 saturated heterocycles. The lowest BCUT2D eigenvalue weighted by Gasteiger charge is -2.13. The third kappa shape index (κ3) is 3.75. The van der Waals surface area contributed by atoms with E-state index in [1.54, 1.807) is 48.5 Å². The van der Waals surface area contributed by atoms with Crippen molar-refractivity contribution in [2.24, 2.45) is 0 Å². The number of hydrogen-bond donors (Lipinski definition) is 1. The van der Waals surface area contributed by atoms with Gasteiger partial charge in [-0.15, -0.1) is 11.3 Å². The van der Waals surface area contributed by atoms with Crippen molar-refractivity contribution in [3.8, 4) is 0 Å². The minimum atomic E-state index is -0.0383. The second kappa shape index (κ2) is 6.61. The molecule has 2 rings (SSSR count). The number of rotatable bonds is 4. The SMILES string of the molecule is CN(C)C(=O)c1ccc(Cl)c(NCc2ccc(Br)s2)c1. The Hall–Kier alpha value is -1.04. The van der Waals surface area contributed by atoms with E-state index in [0.29, 0.717) is 17.1 Å². The Kier molecular flexibility index (Phi) is 5.07. The third-order valence-electron chi connectivity index (χ3n) is 2.70. The van der Waals surface area contributed by atoms with E-state index in [4.69, 9.17) is 11.6 Å². The molecule has 6 heteroatoms. The predicted octanol–water partition coefficient (Wildman–Crippen LogP) is 4.48. The van der Waals surface area contributed by atoms with Gasteiger partial charge in [0, 0.05) is 31.1 Å². The summed E-state index contributed by atoms with van der Waals surface area (Å²) in [6, 6.07) is 9.32. The summed E-state index contributed by atoms with van der Waals surface area (Å²) in [5.74, 6) is -0.0383. The van der Waals surface area contributed by atoms with Gasteiger partial charge in [0.2, 0.25) is 0 Å². The molecule has 20 heavy (non-hydrogen) atoms. The molecule has 2 aromatic rings. The van der Waals surface area contributed by atoms with Crippen molar-refractivity contribution in [1.82, 2.24) is 4.90 Å². The molecule has 1 N–H and O–H groups in total. The first kappa shape index (κ1) is 15.4. The number of halogens is 2. The number of benzene rings is 1. The molecule has 0 atom stereocenters. The first-order valence-electron chi connectivity index (χ1n) is 5.96. The fraction of sp³-hybridized carbons (Fsp3) is 0.214. The Labute approximate surface area is 135 Å². The molecule has 0 spiro atoms. The van der Waals surface area contributed by atoms with E-state index in [-0.39, 0.29) is 5.91 Å². The van der Waals surface area contributed by atoms with Gasteiger partial charge in [-0.25, -0.2) is 0 Å². The number of carbonyl (C=O) groups excluding carboxylic acids is 1. The molecule has 0 radical (unpaired) electrons. The number of hydrogen-bond acceptors (Lipinski definition) is 3. The molecule has 0 aliphatic carbocycles. The highest BCUT2D eigenvalue weighted by Crippen LogP contribution is 2.26. The van der Waals surface area contributed by atoms with Gasteiger partial charge < -0.3 is 10.2 Å². The molecule has 3 nitrogen and oxygen atoms in total. The summed E-state index contributed by atoms with van der Waals surface area (Å²) in [7, 11) is 3.46. The van der Waals surface area contributed by atoms with Crippen molar-refractivity contribution in [2.45, 2.75) is 6.54 Å². The van der Waals surface area contributed by atoms with Crippen LogP contribution in [0.25, 0.3) is 0 Å². The van der Waals surface area contributed by atoms with Crippen LogP contribution >= 0.6 is 38.9 Å². The van der Waals surface area contributed by atoms with E-state index in [2.05, 4.69) is 21.2 Å². The van der Waals surface area contributed by atoms with Crippen LogP contribution in [0, 0.1) is 0 Å². The van der Waals surface area contributed by atoms with Crippen LogP contribution in [0.15, 0.2) is 34.1 Å². The smallest absolute Gasteiger partial charge is 0.253 e. The molecule has 1 aromatic heterocycles. The Morgan fingerprint density at radius 2 is 2.10 bits per heavy atom. The first-order valence-corrected chi connectivity index (χ1v) is 7.95. The maximum Gasteiger partial charge on any atom is 0.253 e. The number of thiophene rings is 1. The molecule has 1 heterocycles. The lowest BCUT2D eigenvalue weighted by Crippen LogP contribution is -2.21. The van der Waals surface area contributed by atoms with Gasteiger partial charge in [0.25, 0.3) is 5.91 Å². The number of nitrogens with one attached hydrogen (secondary N) is 1. The largest absolute Gasteiger partial charge is 0.379 e. The topological polar surface area (TPSA) is 32.3 Å². The molecular weight excluding hydrogens is 360 g/mol. The van der Waals surface area contributed by atoms with E-state index in [1.807, 2.05) is 12.1 Å². The summed E-state index contributed by atoms with van der Waals surface area (Å²) in [5.41, 5.74) is 1.39. The monoisotopic (exact) mass is 372 g/mol. The van der Waals surface area contributed by atoms with Crippen LogP contribution in [0.4, 0.5) is 5.69 Å². The van der Waals surface area contributed by atoms with E-state index in [0.717, 1.165) is 9.47 Å². The average molecular weight is 374 g/mol. The lowest BCUT2D eigenvalue weighted by molar-refractivity contribution is 0.0827. The van der Waals surface area contributed by atoms with Crippen LogP contribution < -0.4 is 5.32 Å². The van der Waals surface area contributed by atoms with Crippen molar-refractivity contribution in [2.75, 3.05) is 19.4 Å². The van der Waals surface area contributed by atoms with Crippen LogP contribution in [0.2, 0.25) is 5.02 Å². The van der Waals surface area contributed by atoms with Gasteiger partial charge in [-0.3, -0.25) is 4.79 Å². The highest BCUT2D eigenvalue weighted by Gasteiger charge is 2.10. The molecule has 0 bridgehead atoms. The molecular formula is C14H14BrClN2OS. The lowest BCUT2D eigenvalue weighted by atomic mass is 10.2. The minimum absolute atomic E-state index is 0.0383. The summed E-state index contributed by atoms with van der Waals surface area (Å²) in [5, 5.41) is 3.87. The number of nitrogens with zero attached hydrogens (tertiary/aromatic N) is 1. The van der Waals surface area contributed by atoms with Crippen LogP contribution in [-0.4, -0.2) is 24.9 Å².